The number of rotatable bonds is 6. The van der Waals surface area contributed by atoms with Gasteiger partial charge in [-0.05, 0) is 43.3 Å². The van der Waals surface area contributed by atoms with Crippen molar-refractivity contribution in [2.75, 3.05) is 43.1 Å². The van der Waals surface area contributed by atoms with Gasteiger partial charge in [0, 0.05) is 49.6 Å². The maximum absolute atomic E-state index is 12.1. The van der Waals surface area contributed by atoms with Crippen molar-refractivity contribution in [2.24, 2.45) is 7.05 Å². The number of aromatic nitrogens is 4. The Balaban J connectivity index is 1.49. The van der Waals surface area contributed by atoms with Crippen LogP contribution in [0.1, 0.15) is 17.3 Å². The second-order valence-electron chi connectivity index (χ2n) is 8.16. The molecule has 0 saturated carbocycles. The summed E-state index contributed by atoms with van der Waals surface area (Å²) in [5.41, 5.74) is 5.25. The Morgan fingerprint density at radius 1 is 1.06 bits per heavy atom. The van der Waals surface area contributed by atoms with Crippen LogP contribution in [0.25, 0.3) is 22.3 Å². The number of fused-ring (bicyclic) bond motifs is 1. The molecule has 1 saturated heterocycles. The molecular weight excluding hydrogens is 430 g/mol. The van der Waals surface area contributed by atoms with E-state index in [1.54, 1.807) is 12.1 Å². The van der Waals surface area contributed by atoms with Gasteiger partial charge in [-0.15, -0.1) is 0 Å². The molecule has 2 N–H and O–H groups in total. The topological polar surface area (TPSA) is 97.2 Å². The number of ether oxygens (including phenoxy) is 1. The van der Waals surface area contributed by atoms with Crippen LogP contribution in [0.2, 0.25) is 0 Å². The van der Waals surface area contributed by atoms with Gasteiger partial charge in [0.2, 0.25) is 5.95 Å². The van der Waals surface area contributed by atoms with E-state index in [-0.39, 0.29) is 5.91 Å². The van der Waals surface area contributed by atoms with Gasteiger partial charge >= 0.3 is 0 Å². The van der Waals surface area contributed by atoms with Crippen molar-refractivity contribution >= 4 is 34.4 Å². The fraction of sp³-hybridized carbons (Fsp3) is 0.280. The molecule has 0 radical (unpaired) electrons. The average Bonchev–Trinajstić information content (AvgIpc) is 3.25. The summed E-state index contributed by atoms with van der Waals surface area (Å²) in [4.78, 5) is 28.3. The lowest BCUT2D eigenvalue weighted by Crippen LogP contribution is -2.37. The Kier molecular flexibility index (Phi) is 6.09. The summed E-state index contributed by atoms with van der Waals surface area (Å²) in [6, 6.07) is 15.4. The molecule has 0 spiro atoms. The first-order valence-electron chi connectivity index (χ1n) is 11.4. The molecule has 1 aliphatic rings. The number of hydrogen-bond acceptors (Lipinski definition) is 7. The summed E-state index contributed by atoms with van der Waals surface area (Å²) in [7, 11) is 1.98. The van der Waals surface area contributed by atoms with Crippen molar-refractivity contribution in [2.45, 2.75) is 6.92 Å². The summed E-state index contributed by atoms with van der Waals surface area (Å²) in [6.07, 6.45) is 1.81. The van der Waals surface area contributed by atoms with Crippen LogP contribution in [0.15, 0.2) is 54.9 Å². The lowest BCUT2D eigenvalue weighted by molar-refractivity contribution is 0.0956. The molecule has 2 aromatic heterocycles. The van der Waals surface area contributed by atoms with Crippen LogP contribution in [0.3, 0.4) is 0 Å². The third-order valence-corrected chi connectivity index (χ3v) is 5.79. The van der Waals surface area contributed by atoms with Crippen molar-refractivity contribution in [1.82, 2.24) is 24.8 Å². The van der Waals surface area contributed by atoms with E-state index in [1.165, 1.54) is 0 Å². The minimum Gasteiger partial charge on any atom is -0.378 e. The van der Waals surface area contributed by atoms with E-state index < -0.39 is 0 Å². The third kappa shape index (κ3) is 4.55. The Hall–Kier alpha value is -3.98. The van der Waals surface area contributed by atoms with E-state index in [9.17, 15) is 4.79 Å². The number of benzene rings is 2. The molecule has 0 bridgehead atoms. The number of amides is 1. The van der Waals surface area contributed by atoms with Crippen molar-refractivity contribution in [3.8, 4) is 11.3 Å². The van der Waals surface area contributed by atoms with Crippen molar-refractivity contribution in [3.05, 3.63) is 60.4 Å². The van der Waals surface area contributed by atoms with E-state index >= 15 is 0 Å². The highest BCUT2D eigenvalue weighted by molar-refractivity contribution is 5.94. The van der Waals surface area contributed by atoms with Gasteiger partial charge < -0.3 is 24.8 Å². The Bertz CT molecular complexity index is 1310. The predicted molar refractivity (Wildman–Crippen MR) is 133 cm³/mol. The number of morpholine rings is 1. The van der Waals surface area contributed by atoms with Gasteiger partial charge in [-0.1, -0.05) is 6.07 Å². The smallest absolute Gasteiger partial charge is 0.251 e. The SMILES string of the molecule is CCNC(=O)c1ccc(Nc2cc(-c3ccc4ncn(C)c4c3)nc(N3CCOCC3)n2)cc1. The molecule has 4 aromatic rings. The maximum atomic E-state index is 12.1. The highest BCUT2D eigenvalue weighted by Crippen LogP contribution is 2.28. The second-order valence-corrected chi connectivity index (χ2v) is 8.16. The predicted octanol–water partition coefficient (Wildman–Crippen LogP) is 3.36. The van der Waals surface area contributed by atoms with Gasteiger partial charge in [-0.25, -0.2) is 9.97 Å². The van der Waals surface area contributed by atoms with Crippen LogP contribution in [-0.2, 0) is 11.8 Å². The first kappa shape index (κ1) is 21.8. The number of nitrogens with one attached hydrogen (secondary N) is 2. The summed E-state index contributed by atoms with van der Waals surface area (Å²) in [6.45, 7) is 5.28. The number of hydrogen-bond donors (Lipinski definition) is 2. The fourth-order valence-electron chi connectivity index (χ4n) is 3.95. The molecule has 9 nitrogen and oxygen atoms in total. The molecular formula is C25H27N7O2. The van der Waals surface area contributed by atoms with E-state index in [2.05, 4.69) is 26.6 Å². The van der Waals surface area contributed by atoms with Gasteiger partial charge in [0.05, 0.1) is 36.3 Å². The minimum absolute atomic E-state index is 0.0847. The number of aryl methyl sites for hydroxylation is 1. The molecule has 2 aromatic carbocycles. The zero-order valence-electron chi connectivity index (χ0n) is 19.3. The van der Waals surface area contributed by atoms with Gasteiger partial charge in [-0.2, -0.15) is 4.98 Å². The Morgan fingerprint density at radius 2 is 1.85 bits per heavy atom. The van der Waals surface area contributed by atoms with E-state index in [0.29, 0.717) is 37.1 Å². The molecule has 1 fully saturated rings. The largest absolute Gasteiger partial charge is 0.378 e. The maximum Gasteiger partial charge on any atom is 0.251 e. The number of carbonyl (C=O) groups is 1. The molecule has 34 heavy (non-hydrogen) atoms. The van der Waals surface area contributed by atoms with Crippen LogP contribution in [-0.4, -0.2) is 58.3 Å². The van der Waals surface area contributed by atoms with Crippen molar-refractivity contribution in [1.29, 1.82) is 0 Å². The third-order valence-electron chi connectivity index (χ3n) is 5.79. The summed E-state index contributed by atoms with van der Waals surface area (Å²) >= 11 is 0. The Labute approximate surface area is 197 Å². The first-order valence-corrected chi connectivity index (χ1v) is 11.4. The molecule has 0 unspecified atom stereocenters. The standard InChI is InChI=1S/C25H27N7O2/c1-3-26-24(33)17-4-7-19(8-5-17)28-23-15-21(29-25(30-23)32-10-12-34-13-11-32)18-6-9-20-22(14-18)31(2)16-27-20/h4-9,14-16H,3,10-13H2,1-2H3,(H,26,33)(H,28,29,30). The van der Waals surface area contributed by atoms with Crippen LogP contribution >= 0.6 is 0 Å². The van der Waals surface area contributed by atoms with Crippen LogP contribution in [0, 0.1) is 0 Å². The summed E-state index contributed by atoms with van der Waals surface area (Å²) < 4.78 is 7.51. The lowest BCUT2D eigenvalue weighted by Gasteiger charge is -2.27. The van der Waals surface area contributed by atoms with Crippen LogP contribution < -0.4 is 15.5 Å². The monoisotopic (exact) mass is 457 g/mol. The number of carbonyl (C=O) groups excluding carboxylic acids is 1. The van der Waals surface area contributed by atoms with Crippen molar-refractivity contribution < 1.29 is 9.53 Å². The summed E-state index contributed by atoms with van der Waals surface area (Å²) in [5.74, 6) is 1.26. The van der Waals surface area contributed by atoms with E-state index in [4.69, 9.17) is 14.7 Å². The molecule has 0 atom stereocenters. The second kappa shape index (κ2) is 9.48. The lowest BCUT2D eigenvalue weighted by atomic mass is 10.1. The summed E-state index contributed by atoms with van der Waals surface area (Å²) in [5, 5.41) is 6.19. The highest BCUT2D eigenvalue weighted by Gasteiger charge is 2.17. The molecule has 1 aliphatic heterocycles. The molecule has 1 amide bonds. The number of anilines is 3. The first-order chi connectivity index (χ1) is 16.6. The molecule has 174 valence electrons. The number of nitrogens with zero attached hydrogens (tertiary/aromatic N) is 5. The zero-order chi connectivity index (χ0) is 23.5. The van der Waals surface area contributed by atoms with Crippen molar-refractivity contribution in [3.63, 3.8) is 0 Å². The quantitative estimate of drug-likeness (QED) is 0.458. The van der Waals surface area contributed by atoms with Gasteiger partial charge in [0.1, 0.15) is 5.82 Å². The normalized spacial score (nSPS) is 13.8. The minimum atomic E-state index is -0.0847. The molecule has 0 aliphatic carbocycles. The average molecular weight is 458 g/mol. The Morgan fingerprint density at radius 3 is 2.62 bits per heavy atom. The van der Waals surface area contributed by atoms with E-state index in [1.807, 2.05) is 55.2 Å². The van der Waals surface area contributed by atoms with Gasteiger partial charge in [-0.3, -0.25) is 4.79 Å². The van der Waals surface area contributed by atoms with E-state index in [0.717, 1.165) is 41.1 Å². The number of imidazole rings is 1. The van der Waals surface area contributed by atoms with Crippen LogP contribution in [0.5, 0.6) is 0 Å². The molecule has 9 heteroatoms. The van der Waals surface area contributed by atoms with Gasteiger partial charge in [0.15, 0.2) is 0 Å². The fourth-order valence-corrected chi connectivity index (χ4v) is 3.95. The molecule has 3 heterocycles. The highest BCUT2D eigenvalue weighted by atomic mass is 16.5. The van der Waals surface area contributed by atoms with Gasteiger partial charge in [0.25, 0.3) is 5.91 Å². The zero-order valence-corrected chi connectivity index (χ0v) is 19.3. The molecule has 5 rings (SSSR count). The van der Waals surface area contributed by atoms with Crippen LogP contribution in [0.4, 0.5) is 17.5 Å².